The predicted octanol–water partition coefficient (Wildman–Crippen LogP) is 1.16. The maximum Gasteiger partial charge on any atom is 0.327 e. The first kappa shape index (κ1) is 13.9. The van der Waals surface area contributed by atoms with Crippen LogP contribution in [0.3, 0.4) is 0 Å². The number of carbonyl (C=O) groups excluding carboxylic acids is 1. The third kappa shape index (κ3) is 3.96. The van der Waals surface area contributed by atoms with Crippen LogP contribution in [0.4, 0.5) is 4.79 Å². The van der Waals surface area contributed by atoms with Gasteiger partial charge in [-0.05, 0) is 13.3 Å². The van der Waals surface area contributed by atoms with Gasteiger partial charge < -0.3 is 15.3 Å². The molecule has 2 unspecified atom stereocenters. The highest BCUT2D eigenvalue weighted by Crippen LogP contribution is 2.16. The molecular weight excluding hydrogens is 240 g/mol. The lowest BCUT2D eigenvalue weighted by Crippen LogP contribution is -2.55. The molecule has 1 rings (SSSR count). The number of rotatable bonds is 4. The van der Waals surface area contributed by atoms with Crippen molar-refractivity contribution >= 4 is 23.8 Å². The molecule has 2 N–H and O–H groups in total. The molecule has 0 aliphatic carbocycles. The normalized spacial score (nSPS) is 21.7. The van der Waals surface area contributed by atoms with Gasteiger partial charge in [-0.15, -0.1) is 6.58 Å². The molecule has 0 bridgehead atoms. The maximum atomic E-state index is 11.9. The van der Waals surface area contributed by atoms with Crippen molar-refractivity contribution in [2.45, 2.75) is 25.4 Å². The van der Waals surface area contributed by atoms with Crippen LogP contribution < -0.4 is 5.32 Å². The van der Waals surface area contributed by atoms with E-state index in [9.17, 15) is 9.59 Å². The van der Waals surface area contributed by atoms with E-state index in [4.69, 9.17) is 5.11 Å². The molecule has 1 fully saturated rings. The quantitative estimate of drug-likeness (QED) is 0.742. The van der Waals surface area contributed by atoms with Gasteiger partial charge >= 0.3 is 12.0 Å². The van der Waals surface area contributed by atoms with Crippen LogP contribution in [0.25, 0.3) is 0 Å². The first-order chi connectivity index (χ1) is 8.06. The van der Waals surface area contributed by atoms with E-state index in [1.165, 1.54) is 4.90 Å². The van der Waals surface area contributed by atoms with E-state index < -0.39 is 12.0 Å². The molecular formula is C11H18N2O3S. The van der Waals surface area contributed by atoms with E-state index >= 15 is 0 Å². The summed E-state index contributed by atoms with van der Waals surface area (Å²) in [5.41, 5.74) is 0. The summed E-state index contributed by atoms with van der Waals surface area (Å²) in [5.74, 6) is 0.301. The highest BCUT2D eigenvalue weighted by molar-refractivity contribution is 7.99. The minimum atomic E-state index is -0.941. The van der Waals surface area contributed by atoms with Gasteiger partial charge in [-0.3, -0.25) is 0 Å². The van der Waals surface area contributed by atoms with Gasteiger partial charge in [0, 0.05) is 24.1 Å². The third-order valence-corrected chi connectivity index (χ3v) is 3.59. The van der Waals surface area contributed by atoms with Crippen LogP contribution in [-0.4, -0.2) is 52.1 Å². The van der Waals surface area contributed by atoms with E-state index in [0.717, 1.165) is 5.75 Å². The zero-order chi connectivity index (χ0) is 12.8. The predicted molar refractivity (Wildman–Crippen MR) is 68.3 cm³/mol. The molecule has 1 saturated heterocycles. The summed E-state index contributed by atoms with van der Waals surface area (Å²) in [5, 5.41) is 11.8. The topological polar surface area (TPSA) is 69.6 Å². The van der Waals surface area contributed by atoms with Crippen LogP contribution in [0.2, 0.25) is 0 Å². The fraction of sp³-hybridized carbons (Fsp3) is 0.636. The van der Waals surface area contributed by atoms with Crippen LogP contribution >= 0.6 is 11.8 Å². The summed E-state index contributed by atoms with van der Waals surface area (Å²) < 4.78 is 0. The molecule has 96 valence electrons. The minimum Gasteiger partial charge on any atom is -0.480 e. The Bertz CT molecular complexity index is 309. The zero-order valence-electron chi connectivity index (χ0n) is 9.89. The number of carboxylic acids is 1. The number of hydrogen-bond donors (Lipinski definition) is 2. The second-order valence-electron chi connectivity index (χ2n) is 4.00. The first-order valence-corrected chi connectivity index (χ1v) is 6.70. The van der Waals surface area contributed by atoms with E-state index in [-0.39, 0.29) is 12.1 Å². The van der Waals surface area contributed by atoms with Gasteiger partial charge in [0.25, 0.3) is 0 Å². The molecule has 2 amide bonds. The molecule has 6 heteroatoms. The number of nitrogens with one attached hydrogen (secondary N) is 1. The van der Waals surface area contributed by atoms with E-state index in [1.54, 1.807) is 17.8 Å². The van der Waals surface area contributed by atoms with Crippen LogP contribution in [0.5, 0.6) is 0 Å². The lowest BCUT2D eigenvalue weighted by atomic mass is 10.2. The Morgan fingerprint density at radius 3 is 3.00 bits per heavy atom. The maximum absolute atomic E-state index is 11.9. The van der Waals surface area contributed by atoms with Crippen LogP contribution in [-0.2, 0) is 4.79 Å². The van der Waals surface area contributed by atoms with E-state index in [1.807, 2.05) is 6.92 Å². The zero-order valence-corrected chi connectivity index (χ0v) is 10.7. The molecule has 2 atom stereocenters. The van der Waals surface area contributed by atoms with Gasteiger partial charge in [-0.25, -0.2) is 9.59 Å². The van der Waals surface area contributed by atoms with Gasteiger partial charge in [0.05, 0.1) is 0 Å². The van der Waals surface area contributed by atoms with Gasteiger partial charge in [0.15, 0.2) is 0 Å². The number of carboxylic acid groups (broad SMARTS) is 1. The molecule has 0 aromatic heterocycles. The highest BCUT2D eigenvalue weighted by atomic mass is 32.2. The van der Waals surface area contributed by atoms with Crippen molar-refractivity contribution in [1.82, 2.24) is 10.2 Å². The van der Waals surface area contributed by atoms with Crippen molar-refractivity contribution in [3.8, 4) is 0 Å². The third-order valence-electron chi connectivity index (χ3n) is 2.56. The molecule has 0 radical (unpaired) electrons. The first-order valence-electron chi connectivity index (χ1n) is 5.54. The lowest BCUT2D eigenvalue weighted by Gasteiger charge is -2.33. The number of hydrogen-bond acceptors (Lipinski definition) is 3. The molecule has 0 aromatic rings. The second-order valence-corrected chi connectivity index (χ2v) is 5.15. The van der Waals surface area contributed by atoms with Crippen molar-refractivity contribution in [3.05, 3.63) is 12.7 Å². The highest BCUT2D eigenvalue weighted by Gasteiger charge is 2.32. The summed E-state index contributed by atoms with van der Waals surface area (Å²) in [6.07, 6.45) is 2.40. The fourth-order valence-corrected chi connectivity index (χ4v) is 2.69. The Labute approximate surface area is 105 Å². The van der Waals surface area contributed by atoms with Crippen molar-refractivity contribution in [1.29, 1.82) is 0 Å². The Morgan fingerprint density at radius 1 is 1.71 bits per heavy atom. The van der Waals surface area contributed by atoms with Gasteiger partial charge in [0.1, 0.15) is 6.04 Å². The Balaban J connectivity index is 2.58. The Hall–Kier alpha value is -1.17. The largest absolute Gasteiger partial charge is 0.480 e. The number of urea groups is 1. The van der Waals surface area contributed by atoms with Crippen molar-refractivity contribution < 1.29 is 14.7 Å². The fourth-order valence-electron chi connectivity index (χ4n) is 1.65. The second kappa shape index (κ2) is 6.54. The van der Waals surface area contributed by atoms with E-state index in [2.05, 4.69) is 11.9 Å². The molecule has 0 aromatic carbocycles. The van der Waals surface area contributed by atoms with Crippen molar-refractivity contribution in [2.24, 2.45) is 0 Å². The van der Waals surface area contributed by atoms with Gasteiger partial charge in [0.2, 0.25) is 0 Å². The lowest BCUT2D eigenvalue weighted by molar-refractivity contribution is -0.141. The van der Waals surface area contributed by atoms with Crippen molar-refractivity contribution in [3.63, 3.8) is 0 Å². The standard InChI is InChI=1S/C11H18N2O3S/c1-3-4-8(2)12-11(16)13-5-6-17-7-9(13)10(14)15/h3,8-9H,1,4-7H2,2H3,(H,12,16)(H,14,15). The average molecular weight is 258 g/mol. The van der Waals surface area contributed by atoms with Crippen LogP contribution in [0.1, 0.15) is 13.3 Å². The van der Waals surface area contributed by atoms with Crippen LogP contribution in [0.15, 0.2) is 12.7 Å². The van der Waals surface area contributed by atoms with Gasteiger partial charge in [-0.1, -0.05) is 6.08 Å². The summed E-state index contributed by atoms with van der Waals surface area (Å²) in [7, 11) is 0. The monoisotopic (exact) mass is 258 g/mol. The molecule has 1 heterocycles. The molecule has 1 aliphatic heterocycles. The SMILES string of the molecule is C=CCC(C)NC(=O)N1CCSCC1C(=O)O. The Kier molecular flexibility index (Phi) is 5.34. The van der Waals surface area contributed by atoms with E-state index in [0.29, 0.717) is 18.7 Å². The number of amides is 2. The van der Waals surface area contributed by atoms with Crippen molar-refractivity contribution in [2.75, 3.05) is 18.1 Å². The summed E-state index contributed by atoms with van der Waals surface area (Å²) in [4.78, 5) is 24.3. The van der Waals surface area contributed by atoms with Gasteiger partial charge in [-0.2, -0.15) is 11.8 Å². The Morgan fingerprint density at radius 2 is 2.41 bits per heavy atom. The summed E-state index contributed by atoms with van der Waals surface area (Å²) >= 11 is 1.56. The molecule has 1 aliphatic rings. The average Bonchev–Trinajstić information content (AvgIpc) is 2.29. The minimum absolute atomic E-state index is 0.0241. The number of carbonyl (C=O) groups is 2. The number of thioether (sulfide) groups is 1. The molecule has 0 spiro atoms. The number of aliphatic carboxylic acids is 1. The smallest absolute Gasteiger partial charge is 0.327 e. The molecule has 17 heavy (non-hydrogen) atoms. The summed E-state index contributed by atoms with van der Waals surface area (Å²) in [6.45, 7) is 5.95. The number of nitrogens with zero attached hydrogens (tertiary/aromatic N) is 1. The van der Waals surface area contributed by atoms with Crippen LogP contribution in [0, 0.1) is 0 Å². The molecule has 5 nitrogen and oxygen atoms in total. The molecule has 0 saturated carbocycles. The summed E-state index contributed by atoms with van der Waals surface area (Å²) in [6, 6.07) is -1.04.